The van der Waals surface area contributed by atoms with E-state index in [4.69, 9.17) is 4.74 Å². The molecule has 7 heteroatoms. The SMILES string of the molecule is CCOC(=O)c1nc(-c2ccccc2)c(Sc2ccccc2)nc1NC(=O)c1ccccc1. The van der Waals surface area contributed by atoms with Crippen LogP contribution < -0.4 is 5.32 Å². The maximum atomic E-state index is 12.8. The van der Waals surface area contributed by atoms with Crippen LogP contribution in [0.15, 0.2) is 101 Å². The van der Waals surface area contributed by atoms with Crippen molar-refractivity contribution in [2.24, 2.45) is 0 Å². The minimum Gasteiger partial charge on any atom is -0.461 e. The van der Waals surface area contributed by atoms with E-state index < -0.39 is 11.9 Å². The molecular weight excluding hydrogens is 434 g/mol. The maximum absolute atomic E-state index is 12.8. The lowest BCUT2D eigenvalue weighted by Crippen LogP contribution is -2.19. The van der Waals surface area contributed by atoms with E-state index in [0.29, 0.717) is 16.3 Å². The Balaban J connectivity index is 1.83. The summed E-state index contributed by atoms with van der Waals surface area (Å²) in [5, 5.41) is 3.30. The molecule has 33 heavy (non-hydrogen) atoms. The molecule has 0 saturated heterocycles. The van der Waals surface area contributed by atoms with Crippen molar-refractivity contribution in [1.82, 2.24) is 9.97 Å². The van der Waals surface area contributed by atoms with Crippen molar-refractivity contribution in [3.05, 3.63) is 102 Å². The molecule has 0 bridgehead atoms. The van der Waals surface area contributed by atoms with Crippen molar-refractivity contribution < 1.29 is 14.3 Å². The zero-order chi connectivity index (χ0) is 23.0. The molecule has 0 fully saturated rings. The van der Waals surface area contributed by atoms with Crippen molar-refractivity contribution >= 4 is 29.5 Å². The van der Waals surface area contributed by atoms with Gasteiger partial charge in [0.15, 0.2) is 11.5 Å². The summed E-state index contributed by atoms with van der Waals surface area (Å²) >= 11 is 1.40. The Morgan fingerprint density at radius 3 is 2.09 bits per heavy atom. The van der Waals surface area contributed by atoms with Crippen LogP contribution in [0.25, 0.3) is 11.3 Å². The van der Waals surface area contributed by atoms with Gasteiger partial charge in [0.25, 0.3) is 5.91 Å². The fourth-order valence-corrected chi connectivity index (χ4v) is 3.99. The van der Waals surface area contributed by atoms with Gasteiger partial charge in [-0.25, -0.2) is 14.8 Å². The van der Waals surface area contributed by atoms with E-state index in [1.165, 1.54) is 11.8 Å². The Hall–Kier alpha value is -3.97. The molecule has 0 aliphatic rings. The summed E-state index contributed by atoms with van der Waals surface area (Å²) in [6, 6.07) is 27.9. The lowest BCUT2D eigenvalue weighted by molar-refractivity contribution is 0.0520. The molecule has 0 aliphatic carbocycles. The second-order valence-corrected chi connectivity index (χ2v) is 7.96. The predicted molar refractivity (Wildman–Crippen MR) is 128 cm³/mol. The van der Waals surface area contributed by atoms with Gasteiger partial charge in [0.2, 0.25) is 0 Å². The van der Waals surface area contributed by atoms with Crippen LogP contribution in [0, 0.1) is 0 Å². The van der Waals surface area contributed by atoms with Gasteiger partial charge in [0.1, 0.15) is 10.7 Å². The zero-order valence-electron chi connectivity index (χ0n) is 17.9. The summed E-state index contributed by atoms with van der Waals surface area (Å²) < 4.78 is 5.21. The first kappa shape index (κ1) is 22.2. The zero-order valence-corrected chi connectivity index (χ0v) is 18.7. The number of benzene rings is 3. The van der Waals surface area contributed by atoms with Crippen LogP contribution in [0.2, 0.25) is 0 Å². The molecule has 0 aliphatic heterocycles. The summed E-state index contributed by atoms with van der Waals surface area (Å²) in [6.45, 7) is 1.89. The molecule has 1 aromatic heterocycles. The van der Waals surface area contributed by atoms with E-state index in [0.717, 1.165) is 10.5 Å². The van der Waals surface area contributed by atoms with Gasteiger partial charge in [0.05, 0.1) is 6.61 Å². The van der Waals surface area contributed by atoms with Crippen LogP contribution in [-0.2, 0) is 4.74 Å². The van der Waals surface area contributed by atoms with E-state index in [1.807, 2.05) is 66.7 Å². The van der Waals surface area contributed by atoms with Gasteiger partial charge in [-0.05, 0) is 31.2 Å². The highest BCUT2D eigenvalue weighted by atomic mass is 32.2. The molecule has 164 valence electrons. The van der Waals surface area contributed by atoms with E-state index in [9.17, 15) is 9.59 Å². The van der Waals surface area contributed by atoms with Crippen molar-refractivity contribution in [3.63, 3.8) is 0 Å². The first-order valence-electron chi connectivity index (χ1n) is 10.4. The largest absolute Gasteiger partial charge is 0.461 e. The number of nitrogens with zero attached hydrogens (tertiary/aromatic N) is 2. The van der Waals surface area contributed by atoms with Gasteiger partial charge >= 0.3 is 5.97 Å². The standard InChI is InChI=1S/C26H21N3O3S/c1-2-32-26(31)22-23(28-24(30)19-14-8-4-9-15-19)29-25(33-20-16-10-5-11-17-20)21(27-22)18-12-6-3-7-13-18/h3-17H,2H2,1H3,(H,28,29,30). The minimum absolute atomic E-state index is 0.0441. The smallest absolute Gasteiger partial charge is 0.360 e. The van der Waals surface area contributed by atoms with Crippen LogP contribution in [0.1, 0.15) is 27.8 Å². The molecule has 1 heterocycles. The highest BCUT2D eigenvalue weighted by molar-refractivity contribution is 7.99. The van der Waals surface area contributed by atoms with Crippen molar-refractivity contribution in [2.45, 2.75) is 16.8 Å². The predicted octanol–water partition coefficient (Wildman–Crippen LogP) is 5.72. The number of aromatic nitrogens is 2. The summed E-state index contributed by atoms with van der Waals surface area (Å²) in [4.78, 5) is 35.9. The number of esters is 1. The van der Waals surface area contributed by atoms with Crippen LogP contribution in [0.4, 0.5) is 5.82 Å². The van der Waals surface area contributed by atoms with Gasteiger partial charge in [-0.15, -0.1) is 0 Å². The first-order valence-corrected chi connectivity index (χ1v) is 11.2. The van der Waals surface area contributed by atoms with Crippen molar-refractivity contribution in [1.29, 1.82) is 0 Å². The third-order valence-electron chi connectivity index (χ3n) is 4.61. The topological polar surface area (TPSA) is 81.2 Å². The minimum atomic E-state index is -0.651. The average Bonchev–Trinajstić information content (AvgIpc) is 2.86. The van der Waals surface area contributed by atoms with Crippen LogP contribution in [0.3, 0.4) is 0 Å². The van der Waals surface area contributed by atoms with Gasteiger partial charge in [-0.3, -0.25) is 4.79 Å². The number of anilines is 1. The van der Waals surface area contributed by atoms with E-state index >= 15 is 0 Å². The third-order valence-corrected chi connectivity index (χ3v) is 5.59. The van der Waals surface area contributed by atoms with Crippen LogP contribution >= 0.6 is 11.8 Å². The second kappa shape index (κ2) is 10.6. The molecular formula is C26H21N3O3S. The van der Waals surface area contributed by atoms with Crippen molar-refractivity contribution in [3.8, 4) is 11.3 Å². The lowest BCUT2D eigenvalue weighted by Gasteiger charge is -2.14. The average molecular weight is 456 g/mol. The number of carbonyl (C=O) groups is 2. The molecule has 0 atom stereocenters. The fourth-order valence-electron chi connectivity index (χ4n) is 3.07. The van der Waals surface area contributed by atoms with E-state index in [1.54, 1.807) is 31.2 Å². The Bertz CT molecular complexity index is 1250. The fraction of sp³-hybridized carbons (Fsp3) is 0.0769. The Kier molecular flexibility index (Phi) is 7.12. The van der Waals surface area contributed by atoms with Crippen LogP contribution in [0.5, 0.6) is 0 Å². The maximum Gasteiger partial charge on any atom is 0.360 e. The van der Waals surface area contributed by atoms with Crippen LogP contribution in [-0.4, -0.2) is 28.5 Å². The van der Waals surface area contributed by atoms with Gasteiger partial charge < -0.3 is 10.1 Å². The normalized spacial score (nSPS) is 10.5. The highest BCUT2D eigenvalue weighted by Crippen LogP contribution is 2.35. The monoisotopic (exact) mass is 455 g/mol. The number of ether oxygens (including phenoxy) is 1. The Morgan fingerprint density at radius 2 is 1.45 bits per heavy atom. The number of hydrogen-bond donors (Lipinski definition) is 1. The first-order chi connectivity index (χ1) is 16.2. The number of hydrogen-bond acceptors (Lipinski definition) is 6. The number of amides is 1. The quantitative estimate of drug-likeness (QED) is 0.359. The Morgan fingerprint density at radius 1 is 0.848 bits per heavy atom. The summed E-state index contributed by atoms with van der Waals surface area (Å²) in [5.74, 6) is -0.985. The highest BCUT2D eigenvalue weighted by Gasteiger charge is 2.23. The van der Waals surface area contributed by atoms with Gasteiger partial charge in [-0.1, -0.05) is 78.5 Å². The lowest BCUT2D eigenvalue weighted by atomic mass is 10.1. The molecule has 4 rings (SSSR count). The molecule has 6 nitrogen and oxygen atoms in total. The van der Waals surface area contributed by atoms with Crippen molar-refractivity contribution in [2.75, 3.05) is 11.9 Å². The molecule has 0 spiro atoms. The molecule has 3 aromatic carbocycles. The molecule has 1 amide bonds. The molecule has 0 radical (unpaired) electrons. The summed E-state index contributed by atoms with van der Waals surface area (Å²) in [6.07, 6.45) is 0. The number of nitrogens with one attached hydrogen (secondary N) is 1. The van der Waals surface area contributed by atoms with Gasteiger partial charge in [-0.2, -0.15) is 0 Å². The third kappa shape index (κ3) is 5.45. The summed E-state index contributed by atoms with van der Waals surface area (Å²) in [5.41, 5.74) is 1.73. The molecule has 0 unspecified atom stereocenters. The number of carbonyl (C=O) groups excluding carboxylic acids is 2. The summed E-state index contributed by atoms with van der Waals surface area (Å²) in [7, 11) is 0. The van der Waals surface area contributed by atoms with E-state index in [-0.39, 0.29) is 18.1 Å². The Labute approximate surface area is 196 Å². The number of rotatable bonds is 7. The second-order valence-electron chi connectivity index (χ2n) is 6.90. The molecule has 4 aromatic rings. The molecule has 0 saturated carbocycles. The van der Waals surface area contributed by atoms with Gasteiger partial charge in [0, 0.05) is 16.0 Å². The molecule has 1 N–H and O–H groups in total. The van der Waals surface area contributed by atoms with E-state index in [2.05, 4.69) is 15.3 Å².